The van der Waals surface area contributed by atoms with E-state index in [2.05, 4.69) is 17.1 Å². The number of hydrogen-bond acceptors (Lipinski definition) is 3. The van der Waals surface area contributed by atoms with Crippen molar-refractivity contribution in [3.8, 4) is 0 Å². The van der Waals surface area contributed by atoms with Crippen molar-refractivity contribution in [2.45, 2.75) is 50.8 Å². The number of amides is 1. The van der Waals surface area contributed by atoms with Crippen molar-refractivity contribution in [2.24, 2.45) is 5.92 Å². The minimum Gasteiger partial charge on any atom is -0.374 e. The molecule has 4 unspecified atom stereocenters. The molecule has 0 spiro atoms. The highest BCUT2D eigenvalue weighted by atomic mass is 16.5. The lowest BCUT2D eigenvalue weighted by atomic mass is 10.0. The van der Waals surface area contributed by atoms with Crippen LogP contribution in [0.4, 0.5) is 0 Å². The maximum absolute atomic E-state index is 12.6. The monoisotopic (exact) mass is 238 g/mol. The van der Waals surface area contributed by atoms with E-state index in [9.17, 15) is 4.79 Å². The van der Waals surface area contributed by atoms with E-state index >= 15 is 0 Å². The molecule has 17 heavy (non-hydrogen) atoms. The molecule has 2 heterocycles. The highest BCUT2D eigenvalue weighted by molar-refractivity contribution is 5.83. The number of carbonyl (C=O) groups is 1. The summed E-state index contributed by atoms with van der Waals surface area (Å²) in [4.78, 5) is 14.7. The number of carbonyl (C=O) groups excluding carboxylic acids is 1. The molecule has 3 rings (SSSR count). The molecular formula is C13H22N2O2. The summed E-state index contributed by atoms with van der Waals surface area (Å²) >= 11 is 0. The number of fused-ring (bicyclic) bond motifs is 1. The van der Waals surface area contributed by atoms with Gasteiger partial charge in [0.1, 0.15) is 0 Å². The normalized spacial score (nSPS) is 41.6. The Kier molecular flexibility index (Phi) is 3.09. The molecule has 3 aliphatic rings. The van der Waals surface area contributed by atoms with Crippen molar-refractivity contribution in [3.63, 3.8) is 0 Å². The first-order valence-corrected chi connectivity index (χ1v) is 6.93. The fourth-order valence-electron chi connectivity index (χ4n) is 3.54. The van der Waals surface area contributed by atoms with Crippen LogP contribution in [0.2, 0.25) is 0 Å². The summed E-state index contributed by atoms with van der Waals surface area (Å²) in [5, 5.41) is 3.35. The molecule has 2 aliphatic heterocycles. The number of nitrogens with zero attached hydrogens (tertiary/aromatic N) is 1. The third-order valence-corrected chi connectivity index (χ3v) is 4.56. The van der Waals surface area contributed by atoms with E-state index in [0.717, 1.165) is 32.4 Å². The summed E-state index contributed by atoms with van der Waals surface area (Å²) in [6, 6.07) is 0.403. The van der Waals surface area contributed by atoms with Crippen LogP contribution in [0, 0.1) is 5.92 Å². The zero-order chi connectivity index (χ0) is 11.8. The van der Waals surface area contributed by atoms with Crippen molar-refractivity contribution in [2.75, 3.05) is 19.7 Å². The number of nitrogens with one attached hydrogen (secondary N) is 1. The average molecular weight is 238 g/mol. The van der Waals surface area contributed by atoms with E-state index in [0.29, 0.717) is 30.6 Å². The minimum atomic E-state index is 0.0503. The summed E-state index contributed by atoms with van der Waals surface area (Å²) in [6.45, 7) is 4.66. The van der Waals surface area contributed by atoms with Crippen LogP contribution in [0.3, 0.4) is 0 Å². The lowest BCUT2D eigenvalue weighted by Crippen LogP contribution is -2.56. The van der Waals surface area contributed by atoms with Crippen LogP contribution >= 0.6 is 0 Å². The Hall–Kier alpha value is -0.610. The Bertz CT molecular complexity index is 308. The van der Waals surface area contributed by atoms with Gasteiger partial charge in [0.15, 0.2) is 0 Å². The molecule has 0 bridgehead atoms. The molecule has 0 aromatic carbocycles. The van der Waals surface area contributed by atoms with Gasteiger partial charge >= 0.3 is 0 Å². The standard InChI is InChI=1S/C13H22N2O2/c1-9-5-6-14-12(9)13(16)15-7-8-17-11-4-2-3-10(11)15/h9-12,14H,2-8H2,1H3. The number of morpholine rings is 1. The van der Waals surface area contributed by atoms with Crippen LogP contribution in [0.15, 0.2) is 0 Å². The van der Waals surface area contributed by atoms with Crippen LogP contribution in [-0.2, 0) is 9.53 Å². The Balaban J connectivity index is 1.72. The first-order chi connectivity index (χ1) is 8.27. The third-order valence-electron chi connectivity index (χ3n) is 4.56. The van der Waals surface area contributed by atoms with E-state index in [1.165, 1.54) is 6.42 Å². The van der Waals surface area contributed by atoms with Gasteiger partial charge in [0.05, 0.1) is 24.8 Å². The molecule has 3 fully saturated rings. The largest absolute Gasteiger partial charge is 0.374 e. The number of ether oxygens (including phenoxy) is 1. The molecule has 1 N–H and O–H groups in total. The maximum atomic E-state index is 12.6. The fourth-order valence-corrected chi connectivity index (χ4v) is 3.54. The molecule has 0 aromatic heterocycles. The topological polar surface area (TPSA) is 41.6 Å². The second-order valence-electron chi connectivity index (χ2n) is 5.64. The van der Waals surface area contributed by atoms with Crippen molar-refractivity contribution in [1.29, 1.82) is 0 Å². The third kappa shape index (κ3) is 1.97. The Morgan fingerprint density at radius 2 is 2.24 bits per heavy atom. The highest BCUT2D eigenvalue weighted by Crippen LogP contribution is 2.31. The molecule has 1 aliphatic carbocycles. The molecule has 2 saturated heterocycles. The molecule has 4 heteroatoms. The summed E-state index contributed by atoms with van der Waals surface area (Å²) in [5.41, 5.74) is 0. The first kappa shape index (κ1) is 11.5. The lowest BCUT2D eigenvalue weighted by Gasteiger charge is -2.39. The van der Waals surface area contributed by atoms with E-state index in [1.807, 2.05) is 0 Å². The van der Waals surface area contributed by atoms with Gasteiger partial charge in [-0.15, -0.1) is 0 Å². The Labute approximate surface area is 103 Å². The van der Waals surface area contributed by atoms with Crippen LogP contribution in [-0.4, -0.2) is 48.7 Å². The minimum absolute atomic E-state index is 0.0503. The smallest absolute Gasteiger partial charge is 0.240 e. The molecule has 1 amide bonds. The van der Waals surface area contributed by atoms with Crippen LogP contribution in [0.5, 0.6) is 0 Å². The fraction of sp³-hybridized carbons (Fsp3) is 0.923. The van der Waals surface area contributed by atoms with Crippen molar-refractivity contribution < 1.29 is 9.53 Å². The second kappa shape index (κ2) is 4.58. The number of hydrogen-bond donors (Lipinski definition) is 1. The van der Waals surface area contributed by atoms with Crippen LogP contribution in [0.25, 0.3) is 0 Å². The Morgan fingerprint density at radius 1 is 1.35 bits per heavy atom. The molecule has 96 valence electrons. The summed E-state index contributed by atoms with van der Waals surface area (Å²) in [5.74, 6) is 0.792. The summed E-state index contributed by atoms with van der Waals surface area (Å²) in [7, 11) is 0. The molecule has 0 radical (unpaired) electrons. The number of rotatable bonds is 1. The molecule has 4 nitrogen and oxygen atoms in total. The van der Waals surface area contributed by atoms with E-state index in [1.54, 1.807) is 0 Å². The van der Waals surface area contributed by atoms with Gasteiger partial charge < -0.3 is 15.0 Å². The molecule has 0 aromatic rings. The van der Waals surface area contributed by atoms with Crippen LogP contribution in [0.1, 0.15) is 32.6 Å². The van der Waals surface area contributed by atoms with E-state index in [-0.39, 0.29) is 6.04 Å². The van der Waals surface area contributed by atoms with Gasteiger partial charge in [0, 0.05) is 6.54 Å². The van der Waals surface area contributed by atoms with Gasteiger partial charge in [-0.25, -0.2) is 0 Å². The predicted octanol–water partition coefficient (Wildman–Crippen LogP) is 0.764. The van der Waals surface area contributed by atoms with E-state index < -0.39 is 0 Å². The first-order valence-electron chi connectivity index (χ1n) is 6.93. The highest BCUT2D eigenvalue weighted by Gasteiger charge is 2.42. The predicted molar refractivity (Wildman–Crippen MR) is 64.7 cm³/mol. The van der Waals surface area contributed by atoms with Gasteiger partial charge in [-0.2, -0.15) is 0 Å². The lowest BCUT2D eigenvalue weighted by molar-refractivity contribution is -0.146. The maximum Gasteiger partial charge on any atom is 0.240 e. The van der Waals surface area contributed by atoms with Gasteiger partial charge in [-0.05, 0) is 38.1 Å². The SMILES string of the molecule is CC1CCNC1C(=O)N1CCOC2CCCC21. The van der Waals surface area contributed by atoms with Gasteiger partial charge in [-0.1, -0.05) is 6.92 Å². The zero-order valence-electron chi connectivity index (χ0n) is 10.5. The molecule has 1 saturated carbocycles. The van der Waals surface area contributed by atoms with Gasteiger partial charge in [0.25, 0.3) is 0 Å². The summed E-state index contributed by atoms with van der Waals surface area (Å²) < 4.78 is 5.76. The van der Waals surface area contributed by atoms with Gasteiger partial charge in [0.2, 0.25) is 5.91 Å². The van der Waals surface area contributed by atoms with E-state index in [4.69, 9.17) is 4.74 Å². The van der Waals surface area contributed by atoms with Crippen LogP contribution < -0.4 is 5.32 Å². The van der Waals surface area contributed by atoms with Crippen molar-refractivity contribution in [1.82, 2.24) is 10.2 Å². The molecule has 4 atom stereocenters. The Morgan fingerprint density at radius 3 is 3.00 bits per heavy atom. The van der Waals surface area contributed by atoms with Crippen molar-refractivity contribution >= 4 is 5.91 Å². The average Bonchev–Trinajstić information content (AvgIpc) is 2.95. The van der Waals surface area contributed by atoms with Crippen molar-refractivity contribution in [3.05, 3.63) is 0 Å². The van der Waals surface area contributed by atoms with Gasteiger partial charge in [-0.3, -0.25) is 4.79 Å². The second-order valence-corrected chi connectivity index (χ2v) is 5.64. The zero-order valence-corrected chi connectivity index (χ0v) is 10.5. The molecular weight excluding hydrogens is 216 g/mol. The quantitative estimate of drug-likeness (QED) is 0.733. The summed E-state index contributed by atoms with van der Waals surface area (Å²) in [6.07, 6.45) is 4.88.